The number of hydrogen-bond donors (Lipinski definition) is 0. The molecule has 1 fully saturated rings. The van der Waals surface area contributed by atoms with Crippen LogP contribution >= 0.6 is 0 Å². The van der Waals surface area contributed by atoms with Crippen LogP contribution in [0.4, 0.5) is 5.82 Å². The van der Waals surface area contributed by atoms with Gasteiger partial charge in [0, 0.05) is 19.8 Å². The molecule has 130 valence electrons. The molecule has 0 spiro atoms. The molecule has 2 heterocycles. The summed E-state index contributed by atoms with van der Waals surface area (Å²) in [6.45, 7) is 5.86. The summed E-state index contributed by atoms with van der Waals surface area (Å²) >= 11 is 0. The van der Waals surface area contributed by atoms with Crippen LogP contribution in [0.2, 0.25) is 0 Å². The normalized spacial score (nSPS) is 14.0. The summed E-state index contributed by atoms with van der Waals surface area (Å²) in [5.41, 5.74) is 4.40. The van der Waals surface area contributed by atoms with Crippen molar-refractivity contribution in [1.82, 2.24) is 9.38 Å². The summed E-state index contributed by atoms with van der Waals surface area (Å²) in [4.78, 5) is 7.12. The maximum absolute atomic E-state index is 6.13. The fraction of sp³-hybridized carbons (Fsp3) is 0.381. The van der Waals surface area contributed by atoms with Crippen molar-refractivity contribution in [3.63, 3.8) is 0 Å². The van der Waals surface area contributed by atoms with Gasteiger partial charge in [-0.2, -0.15) is 0 Å². The topological polar surface area (TPSA) is 29.8 Å². The second-order valence-corrected chi connectivity index (χ2v) is 7.13. The predicted octanol–water partition coefficient (Wildman–Crippen LogP) is 4.38. The first kappa shape index (κ1) is 16.0. The number of anilines is 1. The Bertz CT molecular complexity index is 895. The highest BCUT2D eigenvalue weighted by Gasteiger charge is 2.25. The van der Waals surface area contributed by atoms with Crippen molar-refractivity contribution < 1.29 is 4.74 Å². The zero-order chi connectivity index (χ0) is 17.4. The van der Waals surface area contributed by atoms with Gasteiger partial charge in [0.1, 0.15) is 12.4 Å². The molecule has 1 aromatic carbocycles. The minimum atomic E-state index is 0.561. The molecule has 0 saturated heterocycles. The van der Waals surface area contributed by atoms with E-state index < -0.39 is 0 Å². The third kappa shape index (κ3) is 3.21. The maximum atomic E-state index is 6.13. The summed E-state index contributed by atoms with van der Waals surface area (Å²) in [6.07, 6.45) is 4.78. The van der Waals surface area contributed by atoms with Gasteiger partial charge in [-0.05, 0) is 55.9 Å². The number of hydrogen-bond acceptors (Lipinski definition) is 3. The fourth-order valence-electron chi connectivity index (χ4n) is 3.42. The van der Waals surface area contributed by atoms with Gasteiger partial charge in [0.05, 0.1) is 5.69 Å². The average Bonchev–Trinajstić information content (AvgIpc) is 3.33. The summed E-state index contributed by atoms with van der Waals surface area (Å²) < 4.78 is 8.28. The van der Waals surface area contributed by atoms with Gasteiger partial charge in [-0.3, -0.25) is 4.40 Å². The van der Waals surface area contributed by atoms with E-state index >= 15 is 0 Å². The Morgan fingerprint density at radius 1 is 1.16 bits per heavy atom. The molecule has 0 unspecified atom stereocenters. The molecular formula is C21H25N3O. The fourth-order valence-corrected chi connectivity index (χ4v) is 3.42. The van der Waals surface area contributed by atoms with Gasteiger partial charge >= 0.3 is 0 Å². The number of aromatic nitrogens is 2. The van der Waals surface area contributed by atoms with Crippen LogP contribution in [0.25, 0.3) is 5.65 Å². The lowest BCUT2D eigenvalue weighted by molar-refractivity contribution is 0.307. The maximum Gasteiger partial charge on any atom is 0.181 e. The first-order chi connectivity index (χ1) is 12.1. The van der Waals surface area contributed by atoms with Crippen LogP contribution < -0.4 is 9.64 Å². The van der Waals surface area contributed by atoms with E-state index in [0.29, 0.717) is 6.61 Å². The van der Waals surface area contributed by atoms with Crippen LogP contribution in [0, 0.1) is 19.8 Å². The van der Waals surface area contributed by atoms with E-state index in [0.717, 1.165) is 29.6 Å². The van der Waals surface area contributed by atoms with Crippen molar-refractivity contribution >= 4 is 11.5 Å². The van der Waals surface area contributed by atoms with E-state index in [4.69, 9.17) is 9.72 Å². The van der Waals surface area contributed by atoms with Crippen molar-refractivity contribution in [2.45, 2.75) is 33.3 Å². The lowest BCUT2D eigenvalue weighted by Gasteiger charge is -2.19. The standard InChI is InChI=1S/C21H25N3O/c1-15-7-4-5-8-18(15)14-25-19-9-6-12-24-20(19)22-16(2)21(24)23(3)13-17-10-11-17/h4-9,12,17H,10-11,13-14H2,1-3H3. The molecule has 0 amide bonds. The second kappa shape index (κ2) is 6.43. The Kier molecular flexibility index (Phi) is 4.12. The van der Waals surface area contributed by atoms with Crippen LogP contribution in [0.3, 0.4) is 0 Å². The van der Waals surface area contributed by atoms with Crippen LogP contribution in [0.1, 0.15) is 29.7 Å². The summed E-state index contributed by atoms with van der Waals surface area (Å²) in [5.74, 6) is 2.85. The molecule has 3 aromatic rings. The number of pyridine rings is 1. The number of imidazole rings is 1. The monoisotopic (exact) mass is 335 g/mol. The molecule has 4 rings (SSSR count). The molecule has 25 heavy (non-hydrogen) atoms. The number of fused-ring (bicyclic) bond motifs is 1. The lowest BCUT2D eigenvalue weighted by atomic mass is 10.1. The third-order valence-electron chi connectivity index (χ3n) is 4.99. The Hall–Kier alpha value is -2.49. The molecule has 0 atom stereocenters. The molecule has 0 radical (unpaired) electrons. The smallest absolute Gasteiger partial charge is 0.181 e. The lowest BCUT2D eigenvalue weighted by Crippen LogP contribution is -2.22. The summed E-state index contributed by atoms with van der Waals surface area (Å²) in [5, 5.41) is 0. The van der Waals surface area contributed by atoms with E-state index in [9.17, 15) is 0 Å². The third-order valence-corrected chi connectivity index (χ3v) is 4.99. The minimum absolute atomic E-state index is 0.561. The van der Waals surface area contributed by atoms with Gasteiger partial charge in [0.15, 0.2) is 11.4 Å². The zero-order valence-electron chi connectivity index (χ0n) is 15.2. The molecule has 4 nitrogen and oxygen atoms in total. The Labute approximate surface area is 149 Å². The number of nitrogens with zero attached hydrogens (tertiary/aromatic N) is 3. The van der Waals surface area contributed by atoms with E-state index in [2.05, 4.69) is 60.7 Å². The number of ether oxygens (including phenoxy) is 1. The van der Waals surface area contributed by atoms with Crippen LogP contribution in [-0.2, 0) is 6.61 Å². The van der Waals surface area contributed by atoms with Gasteiger partial charge in [0.2, 0.25) is 0 Å². The first-order valence-electron chi connectivity index (χ1n) is 8.99. The molecule has 0 bridgehead atoms. The highest BCUT2D eigenvalue weighted by Crippen LogP contribution is 2.33. The Balaban J connectivity index is 1.62. The quantitative estimate of drug-likeness (QED) is 0.670. The molecule has 0 aliphatic heterocycles. The Morgan fingerprint density at radius 2 is 1.96 bits per heavy atom. The highest BCUT2D eigenvalue weighted by atomic mass is 16.5. The van der Waals surface area contributed by atoms with Crippen molar-refractivity contribution in [3.05, 3.63) is 59.4 Å². The van der Waals surface area contributed by atoms with Crippen molar-refractivity contribution in [1.29, 1.82) is 0 Å². The molecule has 1 saturated carbocycles. The molecular weight excluding hydrogens is 310 g/mol. The van der Waals surface area contributed by atoms with Crippen LogP contribution in [0.5, 0.6) is 5.75 Å². The van der Waals surface area contributed by atoms with Gasteiger partial charge in [-0.15, -0.1) is 0 Å². The molecule has 2 aromatic heterocycles. The van der Waals surface area contributed by atoms with Crippen LogP contribution in [0.15, 0.2) is 42.6 Å². The van der Waals surface area contributed by atoms with Gasteiger partial charge in [0.25, 0.3) is 0 Å². The van der Waals surface area contributed by atoms with E-state index in [1.54, 1.807) is 0 Å². The number of rotatable bonds is 6. The summed E-state index contributed by atoms with van der Waals surface area (Å²) in [7, 11) is 2.16. The summed E-state index contributed by atoms with van der Waals surface area (Å²) in [6, 6.07) is 12.4. The second-order valence-electron chi connectivity index (χ2n) is 7.13. The molecule has 0 N–H and O–H groups in total. The van der Waals surface area contributed by atoms with Gasteiger partial charge in [-0.25, -0.2) is 4.98 Å². The number of aryl methyl sites for hydroxylation is 2. The van der Waals surface area contributed by atoms with E-state index in [1.165, 1.54) is 29.8 Å². The van der Waals surface area contributed by atoms with E-state index in [-0.39, 0.29) is 0 Å². The average molecular weight is 335 g/mol. The van der Waals surface area contributed by atoms with Gasteiger partial charge in [-0.1, -0.05) is 24.3 Å². The van der Waals surface area contributed by atoms with Gasteiger partial charge < -0.3 is 9.64 Å². The molecule has 1 aliphatic carbocycles. The largest absolute Gasteiger partial charge is 0.485 e. The Morgan fingerprint density at radius 3 is 2.72 bits per heavy atom. The van der Waals surface area contributed by atoms with Crippen molar-refractivity contribution in [2.24, 2.45) is 5.92 Å². The van der Waals surface area contributed by atoms with Crippen molar-refractivity contribution in [2.75, 3.05) is 18.5 Å². The highest BCUT2D eigenvalue weighted by molar-refractivity contribution is 5.63. The van der Waals surface area contributed by atoms with Crippen molar-refractivity contribution in [3.8, 4) is 5.75 Å². The SMILES string of the molecule is Cc1ccccc1COc1cccn2c(N(C)CC3CC3)c(C)nc12. The first-order valence-corrected chi connectivity index (χ1v) is 8.99. The minimum Gasteiger partial charge on any atom is -0.485 e. The molecule has 1 aliphatic rings. The van der Waals surface area contributed by atoms with E-state index in [1.807, 2.05) is 12.1 Å². The number of benzene rings is 1. The molecule has 4 heteroatoms. The zero-order valence-corrected chi connectivity index (χ0v) is 15.2. The predicted molar refractivity (Wildman–Crippen MR) is 101 cm³/mol. The van der Waals surface area contributed by atoms with Crippen LogP contribution in [-0.4, -0.2) is 23.0 Å².